The van der Waals surface area contributed by atoms with E-state index in [4.69, 9.17) is 5.73 Å². The molecule has 0 heterocycles. The highest BCUT2D eigenvalue weighted by molar-refractivity contribution is 5.73. The van der Waals surface area contributed by atoms with Gasteiger partial charge in [0.1, 0.15) is 5.75 Å². The van der Waals surface area contributed by atoms with Crippen LogP contribution in [0.3, 0.4) is 0 Å². The SMILES string of the molecule is Cc1ccc(N)c(Nc2cccc(OC(F)(F)F)c2)c1. The Morgan fingerprint density at radius 3 is 2.55 bits per heavy atom. The highest BCUT2D eigenvalue weighted by Gasteiger charge is 2.31. The van der Waals surface area contributed by atoms with Crippen molar-refractivity contribution < 1.29 is 17.9 Å². The molecule has 2 aromatic carbocycles. The van der Waals surface area contributed by atoms with E-state index in [-0.39, 0.29) is 5.75 Å². The molecule has 0 radical (unpaired) electrons. The van der Waals surface area contributed by atoms with Gasteiger partial charge in [-0.25, -0.2) is 0 Å². The predicted octanol–water partition coefficient (Wildman–Crippen LogP) is 4.22. The van der Waals surface area contributed by atoms with Crippen LogP contribution < -0.4 is 15.8 Å². The lowest BCUT2D eigenvalue weighted by Gasteiger charge is -2.13. The van der Waals surface area contributed by atoms with Gasteiger partial charge in [-0.3, -0.25) is 0 Å². The van der Waals surface area contributed by atoms with Crippen molar-refractivity contribution in [3.63, 3.8) is 0 Å². The maximum atomic E-state index is 12.2. The smallest absolute Gasteiger partial charge is 0.406 e. The summed E-state index contributed by atoms with van der Waals surface area (Å²) in [6.07, 6.45) is -4.71. The van der Waals surface area contributed by atoms with Crippen LogP contribution in [0.15, 0.2) is 42.5 Å². The summed E-state index contributed by atoms with van der Waals surface area (Å²) in [5, 5.41) is 2.97. The third kappa shape index (κ3) is 3.81. The monoisotopic (exact) mass is 282 g/mol. The Bertz CT molecular complexity index is 612. The van der Waals surface area contributed by atoms with Crippen LogP contribution in [0.2, 0.25) is 0 Å². The molecule has 0 bridgehead atoms. The van der Waals surface area contributed by atoms with Gasteiger partial charge in [-0.05, 0) is 36.8 Å². The van der Waals surface area contributed by atoms with E-state index in [2.05, 4.69) is 10.1 Å². The predicted molar refractivity (Wildman–Crippen MR) is 72.0 cm³/mol. The van der Waals surface area contributed by atoms with Crippen LogP contribution in [0, 0.1) is 6.92 Å². The Balaban J connectivity index is 2.21. The molecule has 106 valence electrons. The molecule has 0 atom stereocenters. The largest absolute Gasteiger partial charge is 0.573 e. The van der Waals surface area contributed by atoms with E-state index in [1.165, 1.54) is 18.2 Å². The summed E-state index contributed by atoms with van der Waals surface area (Å²) >= 11 is 0. The lowest BCUT2D eigenvalue weighted by Crippen LogP contribution is -2.17. The van der Waals surface area contributed by atoms with Gasteiger partial charge in [0, 0.05) is 11.8 Å². The number of alkyl halides is 3. The molecule has 0 aromatic heterocycles. The van der Waals surface area contributed by atoms with Crippen LogP contribution in [0.1, 0.15) is 5.56 Å². The third-order valence-corrected chi connectivity index (χ3v) is 2.56. The first kappa shape index (κ1) is 14.0. The summed E-state index contributed by atoms with van der Waals surface area (Å²) < 4.78 is 40.3. The first-order valence-electron chi connectivity index (χ1n) is 5.82. The van der Waals surface area contributed by atoms with Gasteiger partial charge >= 0.3 is 6.36 Å². The molecule has 0 amide bonds. The van der Waals surface area contributed by atoms with E-state index in [9.17, 15) is 13.2 Å². The van der Waals surface area contributed by atoms with E-state index in [1.54, 1.807) is 12.1 Å². The molecule has 0 aliphatic rings. The minimum absolute atomic E-state index is 0.284. The number of hydrogen-bond donors (Lipinski definition) is 2. The van der Waals surface area contributed by atoms with Crippen molar-refractivity contribution in [2.75, 3.05) is 11.1 Å². The summed E-state index contributed by atoms with van der Waals surface area (Å²) in [5.41, 5.74) is 8.40. The molecule has 0 saturated carbocycles. The number of rotatable bonds is 3. The quantitative estimate of drug-likeness (QED) is 0.829. The lowest BCUT2D eigenvalue weighted by atomic mass is 10.2. The maximum absolute atomic E-state index is 12.2. The summed E-state index contributed by atoms with van der Waals surface area (Å²) in [6.45, 7) is 1.90. The van der Waals surface area contributed by atoms with E-state index in [0.29, 0.717) is 17.1 Å². The van der Waals surface area contributed by atoms with Crippen LogP contribution in [-0.2, 0) is 0 Å². The van der Waals surface area contributed by atoms with Crippen molar-refractivity contribution in [3.05, 3.63) is 48.0 Å². The van der Waals surface area contributed by atoms with Crippen LogP contribution in [-0.4, -0.2) is 6.36 Å². The number of halogens is 3. The second-order valence-corrected chi connectivity index (χ2v) is 4.29. The van der Waals surface area contributed by atoms with Crippen molar-refractivity contribution in [3.8, 4) is 5.75 Å². The average molecular weight is 282 g/mol. The van der Waals surface area contributed by atoms with E-state index in [0.717, 1.165) is 5.56 Å². The zero-order chi connectivity index (χ0) is 14.8. The first-order valence-corrected chi connectivity index (χ1v) is 5.82. The zero-order valence-electron chi connectivity index (χ0n) is 10.7. The van der Waals surface area contributed by atoms with Crippen LogP contribution >= 0.6 is 0 Å². The molecule has 0 aliphatic carbocycles. The van der Waals surface area contributed by atoms with Gasteiger partial charge in [0.2, 0.25) is 0 Å². The Morgan fingerprint density at radius 2 is 1.85 bits per heavy atom. The molecular weight excluding hydrogens is 269 g/mol. The Kier molecular flexibility index (Phi) is 3.74. The minimum Gasteiger partial charge on any atom is -0.406 e. The fourth-order valence-corrected chi connectivity index (χ4v) is 1.70. The zero-order valence-corrected chi connectivity index (χ0v) is 10.7. The van der Waals surface area contributed by atoms with Gasteiger partial charge in [-0.1, -0.05) is 12.1 Å². The van der Waals surface area contributed by atoms with Gasteiger partial charge < -0.3 is 15.8 Å². The molecule has 3 N–H and O–H groups in total. The number of nitrogen functional groups attached to an aromatic ring is 1. The van der Waals surface area contributed by atoms with Crippen LogP contribution in [0.25, 0.3) is 0 Å². The molecule has 3 nitrogen and oxygen atoms in total. The second kappa shape index (κ2) is 5.32. The normalized spacial score (nSPS) is 11.2. The molecular formula is C14H13F3N2O. The van der Waals surface area contributed by atoms with Gasteiger partial charge in [0.05, 0.1) is 11.4 Å². The number of anilines is 3. The Labute approximate surface area is 114 Å². The van der Waals surface area contributed by atoms with Crippen molar-refractivity contribution in [2.45, 2.75) is 13.3 Å². The molecule has 20 heavy (non-hydrogen) atoms. The van der Waals surface area contributed by atoms with Crippen molar-refractivity contribution in [2.24, 2.45) is 0 Å². The maximum Gasteiger partial charge on any atom is 0.573 e. The molecule has 0 unspecified atom stereocenters. The van der Waals surface area contributed by atoms with E-state index < -0.39 is 6.36 Å². The molecule has 0 saturated heterocycles. The number of nitrogens with two attached hydrogens (primary N) is 1. The van der Waals surface area contributed by atoms with Crippen LogP contribution in [0.5, 0.6) is 5.75 Å². The van der Waals surface area contributed by atoms with Crippen molar-refractivity contribution in [1.82, 2.24) is 0 Å². The average Bonchev–Trinajstić information content (AvgIpc) is 2.32. The number of aryl methyl sites for hydroxylation is 1. The second-order valence-electron chi connectivity index (χ2n) is 4.29. The summed E-state index contributed by atoms with van der Waals surface area (Å²) in [4.78, 5) is 0. The topological polar surface area (TPSA) is 47.3 Å². The standard InChI is InChI=1S/C14H13F3N2O/c1-9-5-6-12(18)13(7-9)19-10-3-2-4-11(8-10)20-14(15,16)17/h2-8,19H,18H2,1H3. The highest BCUT2D eigenvalue weighted by atomic mass is 19.4. The van der Waals surface area contributed by atoms with Crippen LogP contribution in [0.4, 0.5) is 30.2 Å². The molecule has 0 aliphatic heterocycles. The molecule has 2 aromatic rings. The first-order chi connectivity index (χ1) is 9.33. The highest BCUT2D eigenvalue weighted by Crippen LogP contribution is 2.28. The number of benzene rings is 2. The molecule has 6 heteroatoms. The fraction of sp³-hybridized carbons (Fsp3) is 0.143. The third-order valence-electron chi connectivity index (χ3n) is 2.56. The van der Waals surface area contributed by atoms with Crippen molar-refractivity contribution >= 4 is 17.1 Å². The van der Waals surface area contributed by atoms with Gasteiger partial charge in [-0.2, -0.15) is 0 Å². The molecule has 2 rings (SSSR count). The van der Waals surface area contributed by atoms with Gasteiger partial charge in [0.25, 0.3) is 0 Å². The lowest BCUT2D eigenvalue weighted by molar-refractivity contribution is -0.274. The molecule has 0 fully saturated rings. The summed E-state index contributed by atoms with van der Waals surface area (Å²) in [7, 11) is 0. The molecule has 0 spiro atoms. The summed E-state index contributed by atoms with van der Waals surface area (Å²) in [6, 6.07) is 11.0. The number of nitrogens with one attached hydrogen (secondary N) is 1. The van der Waals surface area contributed by atoms with Crippen molar-refractivity contribution in [1.29, 1.82) is 0 Å². The minimum atomic E-state index is -4.71. The Morgan fingerprint density at radius 1 is 1.10 bits per heavy atom. The van der Waals surface area contributed by atoms with E-state index in [1.807, 2.05) is 19.1 Å². The summed E-state index contributed by atoms with van der Waals surface area (Å²) in [5.74, 6) is -0.284. The number of hydrogen-bond acceptors (Lipinski definition) is 3. The fourth-order valence-electron chi connectivity index (χ4n) is 1.70. The number of ether oxygens (including phenoxy) is 1. The van der Waals surface area contributed by atoms with E-state index >= 15 is 0 Å². The Hall–Kier alpha value is -2.37. The van der Waals surface area contributed by atoms with Gasteiger partial charge in [0.15, 0.2) is 0 Å². The van der Waals surface area contributed by atoms with Gasteiger partial charge in [-0.15, -0.1) is 13.2 Å².